The molecule has 1 saturated heterocycles. The molecule has 2 aliphatic heterocycles. The van der Waals surface area contributed by atoms with Crippen molar-refractivity contribution in [2.24, 2.45) is 0 Å². The van der Waals surface area contributed by atoms with E-state index in [0.717, 1.165) is 5.56 Å². The molecular formula is C27H28N3O6S2+. The molecule has 3 heterocycles. The van der Waals surface area contributed by atoms with Crippen molar-refractivity contribution in [1.29, 1.82) is 0 Å². The Bertz CT molecular complexity index is 1480. The molecule has 2 N–H and O–H groups in total. The Hall–Kier alpha value is -3.51. The topological polar surface area (TPSA) is 101 Å². The maximum absolute atomic E-state index is 13.0. The number of sulfonamides is 1. The van der Waals surface area contributed by atoms with Crippen molar-refractivity contribution in [3.05, 3.63) is 78.1 Å². The predicted molar refractivity (Wildman–Crippen MR) is 147 cm³/mol. The highest BCUT2D eigenvalue weighted by molar-refractivity contribution is 7.89. The quantitative estimate of drug-likeness (QED) is 0.207. The van der Waals surface area contributed by atoms with Gasteiger partial charge in [0.15, 0.2) is 34.6 Å². The number of ether oxygens (including phenoxy) is 3. The maximum atomic E-state index is 13.0. The number of benzene rings is 2. The van der Waals surface area contributed by atoms with Crippen LogP contribution in [0.2, 0.25) is 0 Å². The molecule has 0 amide bonds. The van der Waals surface area contributed by atoms with E-state index < -0.39 is 10.0 Å². The molecule has 0 unspecified atom stereocenters. The van der Waals surface area contributed by atoms with Gasteiger partial charge in [-0.15, -0.1) is 0 Å². The van der Waals surface area contributed by atoms with E-state index in [0.29, 0.717) is 68.0 Å². The van der Waals surface area contributed by atoms with E-state index in [1.54, 1.807) is 53.2 Å². The minimum absolute atomic E-state index is 0.0541. The summed E-state index contributed by atoms with van der Waals surface area (Å²) in [6, 6.07) is 15.4. The van der Waals surface area contributed by atoms with Gasteiger partial charge in [0.2, 0.25) is 10.0 Å². The molecule has 0 atom stereocenters. The highest BCUT2D eigenvalue weighted by Crippen LogP contribution is 2.33. The van der Waals surface area contributed by atoms with Gasteiger partial charge in [0.25, 0.3) is 5.70 Å². The molecule has 9 nitrogen and oxygen atoms in total. The molecule has 11 heteroatoms. The molecule has 38 heavy (non-hydrogen) atoms. The van der Waals surface area contributed by atoms with Crippen LogP contribution in [0.4, 0.5) is 5.69 Å². The van der Waals surface area contributed by atoms with Crippen LogP contribution in [0.5, 0.6) is 11.5 Å². The summed E-state index contributed by atoms with van der Waals surface area (Å²) in [7, 11) is -3.61. The maximum Gasteiger partial charge on any atom is 0.288 e. The highest BCUT2D eigenvalue weighted by atomic mass is 32.2. The fraction of sp³-hybridized carbons (Fsp3) is 0.259. The van der Waals surface area contributed by atoms with Crippen LogP contribution in [0.25, 0.3) is 11.5 Å². The van der Waals surface area contributed by atoms with Gasteiger partial charge in [-0.3, -0.25) is 0 Å². The van der Waals surface area contributed by atoms with Gasteiger partial charge >= 0.3 is 0 Å². The Balaban J connectivity index is 1.45. The van der Waals surface area contributed by atoms with Crippen molar-refractivity contribution in [1.82, 2.24) is 4.31 Å². The second-order valence-electron chi connectivity index (χ2n) is 8.84. The molecule has 3 aromatic rings. The molecule has 0 saturated carbocycles. The lowest BCUT2D eigenvalue weighted by atomic mass is 10.1. The van der Waals surface area contributed by atoms with E-state index in [4.69, 9.17) is 26.4 Å². The number of hydrogen-bond donors (Lipinski definition) is 2. The predicted octanol–water partition coefficient (Wildman–Crippen LogP) is 3.40. The first kappa shape index (κ1) is 26.1. The van der Waals surface area contributed by atoms with Crippen LogP contribution >= 0.6 is 12.2 Å². The van der Waals surface area contributed by atoms with Gasteiger partial charge in [-0.25, -0.2) is 8.42 Å². The van der Waals surface area contributed by atoms with Crippen LogP contribution in [0, 0.1) is 6.92 Å². The number of anilines is 1. The SMILES string of the molecule is Cc1ccc[n+](/C(C(=S)Nc2ccc(S(=O)(=O)N3CCOCC3)cc2)=C(\O)c2ccc3c(c2)OCCO3)c1. The number of thiocarbonyl (C=S) groups is 1. The second-order valence-corrected chi connectivity index (χ2v) is 11.2. The third-order valence-electron chi connectivity index (χ3n) is 6.18. The minimum atomic E-state index is -3.61. The van der Waals surface area contributed by atoms with Crippen LogP contribution in [-0.4, -0.2) is 62.3 Å². The number of pyridine rings is 1. The number of nitrogens with zero attached hydrogens (tertiary/aromatic N) is 2. The van der Waals surface area contributed by atoms with Gasteiger partial charge < -0.3 is 24.6 Å². The highest BCUT2D eigenvalue weighted by Gasteiger charge is 2.28. The van der Waals surface area contributed by atoms with Crippen molar-refractivity contribution < 1.29 is 32.3 Å². The lowest BCUT2D eigenvalue weighted by Gasteiger charge is -2.26. The van der Waals surface area contributed by atoms with Crippen LogP contribution < -0.4 is 19.4 Å². The average Bonchev–Trinajstić information content (AvgIpc) is 2.93. The average molecular weight is 555 g/mol. The van der Waals surface area contributed by atoms with Crippen LogP contribution in [0.3, 0.4) is 0 Å². The van der Waals surface area contributed by atoms with E-state index >= 15 is 0 Å². The van der Waals surface area contributed by atoms with Crippen molar-refractivity contribution in [2.75, 3.05) is 44.8 Å². The zero-order valence-electron chi connectivity index (χ0n) is 20.8. The van der Waals surface area contributed by atoms with Gasteiger partial charge in [-0.05, 0) is 55.5 Å². The summed E-state index contributed by atoms with van der Waals surface area (Å²) in [5.74, 6) is 1.11. The third kappa shape index (κ3) is 5.51. The van der Waals surface area contributed by atoms with Gasteiger partial charge in [0.1, 0.15) is 13.2 Å². The molecule has 0 radical (unpaired) electrons. The summed E-state index contributed by atoms with van der Waals surface area (Å²) < 4.78 is 45.6. The van der Waals surface area contributed by atoms with Gasteiger partial charge in [0, 0.05) is 36.0 Å². The molecular weight excluding hydrogens is 526 g/mol. The fourth-order valence-electron chi connectivity index (χ4n) is 4.24. The first-order chi connectivity index (χ1) is 18.3. The number of hydrogen-bond acceptors (Lipinski definition) is 7. The number of aromatic nitrogens is 1. The van der Waals surface area contributed by atoms with E-state index in [1.807, 2.05) is 25.3 Å². The molecule has 0 aliphatic carbocycles. The summed E-state index contributed by atoms with van der Waals surface area (Å²) in [4.78, 5) is 0.440. The zero-order chi connectivity index (χ0) is 26.7. The first-order valence-electron chi connectivity index (χ1n) is 12.1. The van der Waals surface area contributed by atoms with Crippen LogP contribution in [-0.2, 0) is 14.8 Å². The van der Waals surface area contributed by atoms with Crippen LogP contribution in [0.1, 0.15) is 11.1 Å². The molecule has 1 fully saturated rings. The molecule has 198 valence electrons. The smallest absolute Gasteiger partial charge is 0.288 e. The summed E-state index contributed by atoms with van der Waals surface area (Å²) >= 11 is 5.74. The van der Waals surface area contributed by atoms with Gasteiger partial charge in [-0.1, -0.05) is 12.2 Å². The van der Waals surface area contributed by atoms with E-state index in [9.17, 15) is 13.5 Å². The van der Waals surface area contributed by atoms with Crippen molar-refractivity contribution in [3.63, 3.8) is 0 Å². The Morgan fingerprint density at radius 2 is 1.71 bits per heavy atom. The van der Waals surface area contributed by atoms with E-state index in [1.165, 1.54) is 4.31 Å². The molecule has 5 rings (SSSR count). The second kappa shape index (κ2) is 11.1. The van der Waals surface area contributed by atoms with Gasteiger partial charge in [0.05, 0.1) is 18.1 Å². The Morgan fingerprint density at radius 1 is 1.00 bits per heavy atom. The largest absolute Gasteiger partial charge is 0.502 e. The lowest BCUT2D eigenvalue weighted by molar-refractivity contribution is -0.576. The first-order valence-corrected chi connectivity index (χ1v) is 14.0. The number of morpholine rings is 1. The Labute approximate surface area is 226 Å². The fourth-order valence-corrected chi connectivity index (χ4v) is 5.97. The lowest BCUT2D eigenvalue weighted by Crippen LogP contribution is -2.40. The Morgan fingerprint density at radius 3 is 2.42 bits per heavy atom. The monoisotopic (exact) mass is 554 g/mol. The van der Waals surface area contributed by atoms with Crippen molar-refractivity contribution >= 4 is 44.4 Å². The molecule has 0 bridgehead atoms. The van der Waals surface area contributed by atoms with E-state index in [-0.39, 0.29) is 15.6 Å². The number of nitrogens with one attached hydrogen (secondary N) is 1. The standard InChI is InChI=1S/C27H27N3O6S2/c1-19-3-2-10-29(18-19)25(26(31)20-4-9-23-24(17-20)36-16-15-35-23)27(37)28-21-5-7-22(8-6-21)38(32,33)30-11-13-34-14-12-30/h2-10,17-18H,11-16H2,1H3,(H-,28,31,37)/p+1. The zero-order valence-corrected chi connectivity index (χ0v) is 22.4. The van der Waals surface area contributed by atoms with Crippen LogP contribution in [0.15, 0.2) is 71.9 Å². The number of aliphatic hydroxyl groups excluding tert-OH is 1. The summed E-state index contributed by atoms with van der Waals surface area (Å²) in [5, 5.41) is 14.5. The van der Waals surface area contributed by atoms with Crippen molar-refractivity contribution in [3.8, 4) is 11.5 Å². The molecule has 0 spiro atoms. The van der Waals surface area contributed by atoms with E-state index in [2.05, 4.69) is 5.32 Å². The molecule has 2 aromatic carbocycles. The molecule has 1 aromatic heterocycles. The number of aliphatic hydroxyl groups is 1. The summed E-state index contributed by atoms with van der Waals surface area (Å²) in [6.45, 7) is 4.26. The summed E-state index contributed by atoms with van der Waals surface area (Å²) in [6.07, 6.45) is 3.65. The number of fused-ring (bicyclic) bond motifs is 1. The Kier molecular flexibility index (Phi) is 7.61. The van der Waals surface area contributed by atoms with Gasteiger partial charge in [-0.2, -0.15) is 8.87 Å². The normalized spacial score (nSPS) is 16.4. The summed E-state index contributed by atoms with van der Waals surface area (Å²) in [5.41, 5.74) is 2.41. The minimum Gasteiger partial charge on any atom is -0.502 e. The molecule has 2 aliphatic rings. The third-order valence-corrected chi connectivity index (χ3v) is 8.39. The number of rotatable bonds is 6. The number of aryl methyl sites for hydroxylation is 1. The van der Waals surface area contributed by atoms with Crippen molar-refractivity contribution in [2.45, 2.75) is 11.8 Å².